The molecule has 3 rings (SSSR count). The zero-order chi connectivity index (χ0) is 12.5. The van der Waals surface area contributed by atoms with E-state index in [9.17, 15) is 0 Å². The van der Waals surface area contributed by atoms with Gasteiger partial charge in [0.15, 0.2) is 5.65 Å². The average Bonchev–Trinajstić information content (AvgIpc) is 2.84. The fourth-order valence-corrected chi connectivity index (χ4v) is 2.00. The third-order valence-corrected chi connectivity index (χ3v) is 2.96. The van der Waals surface area contributed by atoms with Crippen molar-refractivity contribution in [1.82, 2.24) is 15.0 Å². The van der Waals surface area contributed by atoms with E-state index in [1.54, 1.807) is 13.3 Å². The maximum Gasteiger partial charge on any atom is 0.178 e. The van der Waals surface area contributed by atoms with Crippen molar-refractivity contribution < 1.29 is 4.74 Å². The maximum atomic E-state index is 5.35. The van der Waals surface area contributed by atoms with Crippen molar-refractivity contribution in [3.05, 3.63) is 42.1 Å². The van der Waals surface area contributed by atoms with Crippen molar-refractivity contribution in [2.75, 3.05) is 7.11 Å². The molecule has 3 aromatic rings. The second kappa shape index (κ2) is 4.14. The summed E-state index contributed by atoms with van der Waals surface area (Å²) >= 11 is 0. The minimum atomic E-state index is 0.732. The Balaban J connectivity index is 2.23. The van der Waals surface area contributed by atoms with Gasteiger partial charge in [0.2, 0.25) is 0 Å². The van der Waals surface area contributed by atoms with Crippen LogP contribution in [0.15, 0.2) is 36.5 Å². The molecule has 0 aliphatic rings. The predicted octanol–water partition coefficient (Wildman–Crippen LogP) is 2.94. The molecule has 2 aromatic heterocycles. The summed E-state index contributed by atoms with van der Waals surface area (Å²) in [6.07, 6.45) is 1.77. The maximum absolute atomic E-state index is 5.35. The smallest absolute Gasteiger partial charge is 0.178 e. The van der Waals surface area contributed by atoms with Crippen molar-refractivity contribution in [3.8, 4) is 17.1 Å². The van der Waals surface area contributed by atoms with Gasteiger partial charge in [-0.1, -0.05) is 12.1 Å². The molecule has 1 N–H and O–H groups in total. The molecule has 0 amide bonds. The number of pyridine rings is 1. The number of aromatic nitrogens is 3. The quantitative estimate of drug-likeness (QED) is 0.748. The SMILES string of the molecule is COc1ccccc1-c1nc2nccc(C)c2[nH]1. The van der Waals surface area contributed by atoms with Crippen LogP contribution in [0.1, 0.15) is 5.56 Å². The van der Waals surface area contributed by atoms with Gasteiger partial charge in [-0.2, -0.15) is 0 Å². The second-order valence-electron chi connectivity index (χ2n) is 4.11. The molecule has 0 bridgehead atoms. The van der Waals surface area contributed by atoms with Crippen LogP contribution < -0.4 is 4.74 Å². The molecule has 0 fully saturated rings. The lowest BCUT2D eigenvalue weighted by atomic mass is 10.2. The van der Waals surface area contributed by atoms with Crippen LogP contribution >= 0.6 is 0 Å². The van der Waals surface area contributed by atoms with Crippen LogP contribution in [0, 0.1) is 6.92 Å². The van der Waals surface area contributed by atoms with E-state index in [2.05, 4.69) is 15.0 Å². The first-order valence-electron chi connectivity index (χ1n) is 5.74. The molecule has 90 valence electrons. The monoisotopic (exact) mass is 239 g/mol. The number of para-hydroxylation sites is 1. The summed E-state index contributed by atoms with van der Waals surface area (Å²) < 4.78 is 5.35. The summed E-state index contributed by atoms with van der Waals surface area (Å²) in [6.45, 7) is 2.04. The van der Waals surface area contributed by atoms with Crippen molar-refractivity contribution in [2.24, 2.45) is 0 Å². The Morgan fingerprint density at radius 1 is 1.17 bits per heavy atom. The van der Waals surface area contributed by atoms with E-state index in [0.29, 0.717) is 0 Å². The van der Waals surface area contributed by atoms with Gasteiger partial charge in [-0.25, -0.2) is 9.97 Å². The van der Waals surface area contributed by atoms with Crippen LogP contribution in [-0.2, 0) is 0 Å². The third-order valence-electron chi connectivity index (χ3n) is 2.96. The van der Waals surface area contributed by atoms with Gasteiger partial charge in [-0.3, -0.25) is 0 Å². The van der Waals surface area contributed by atoms with Gasteiger partial charge < -0.3 is 9.72 Å². The van der Waals surface area contributed by atoms with E-state index >= 15 is 0 Å². The molecule has 0 saturated heterocycles. The number of H-pyrrole nitrogens is 1. The largest absolute Gasteiger partial charge is 0.496 e. The lowest BCUT2D eigenvalue weighted by Crippen LogP contribution is -1.88. The van der Waals surface area contributed by atoms with Gasteiger partial charge in [-0.15, -0.1) is 0 Å². The number of methoxy groups -OCH3 is 1. The summed E-state index contributed by atoms with van der Waals surface area (Å²) in [4.78, 5) is 12.1. The number of imidazole rings is 1. The van der Waals surface area contributed by atoms with Gasteiger partial charge in [-0.05, 0) is 30.7 Å². The number of aromatic amines is 1. The molecule has 4 heteroatoms. The highest BCUT2D eigenvalue weighted by Crippen LogP contribution is 2.28. The number of nitrogens with zero attached hydrogens (tertiary/aromatic N) is 2. The highest BCUT2D eigenvalue weighted by molar-refractivity contribution is 5.80. The molecule has 18 heavy (non-hydrogen) atoms. The number of fused-ring (bicyclic) bond motifs is 1. The van der Waals surface area contributed by atoms with Crippen LogP contribution in [0.3, 0.4) is 0 Å². The Labute approximate surface area is 105 Å². The predicted molar refractivity (Wildman–Crippen MR) is 70.6 cm³/mol. The van der Waals surface area contributed by atoms with Crippen molar-refractivity contribution in [3.63, 3.8) is 0 Å². The zero-order valence-electron chi connectivity index (χ0n) is 10.3. The van der Waals surface area contributed by atoms with Gasteiger partial charge >= 0.3 is 0 Å². The summed E-state index contributed by atoms with van der Waals surface area (Å²) in [5.74, 6) is 1.58. The van der Waals surface area contributed by atoms with E-state index < -0.39 is 0 Å². The summed E-state index contributed by atoms with van der Waals surface area (Å²) in [5, 5.41) is 0. The van der Waals surface area contributed by atoms with E-state index in [0.717, 1.165) is 33.9 Å². The summed E-state index contributed by atoms with van der Waals surface area (Å²) in [5.41, 5.74) is 3.78. The topological polar surface area (TPSA) is 50.8 Å². The first-order valence-corrected chi connectivity index (χ1v) is 5.74. The average molecular weight is 239 g/mol. The van der Waals surface area contributed by atoms with Gasteiger partial charge in [0.05, 0.1) is 18.2 Å². The first kappa shape index (κ1) is 10.8. The number of hydrogen-bond donors (Lipinski definition) is 1. The lowest BCUT2D eigenvalue weighted by molar-refractivity contribution is 0.416. The minimum Gasteiger partial charge on any atom is -0.496 e. The van der Waals surface area contributed by atoms with Crippen LogP contribution in [-0.4, -0.2) is 22.1 Å². The Morgan fingerprint density at radius 3 is 2.78 bits per heavy atom. The van der Waals surface area contributed by atoms with E-state index in [-0.39, 0.29) is 0 Å². The molecule has 0 atom stereocenters. The second-order valence-corrected chi connectivity index (χ2v) is 4.11. The van der Waals surface area contributed by atoms with Crippen LogP contribution in [0.2, 0.25) is 0 Å². The standard InChI is InChI=1S/C14H13N3O/c1-9-7-8-15-14-12(9)16-13(17-14)10-5-3-4-6-11(10)18-2/h3-8H,1-2H3,(H,15,16,17). The fourth-order valence-electron chi connectivity index (χ4n) is 2.00. The minimum absolute atomic E-state index is 0.732. The number of aryl methyl sites for hydroxylation is 1. The van der Waals surface area contributed by atoms with Gasteiger partial charge in [0, 0.05) is 6.20 Å². The van der Waals surface area contributed by atoms with E-state index in [4.69, 9.17) is 4.74 Å². The summed E-state index contributed by atoms with van der Waals surface area (Å²) in [6, 6.07) is 9.76. The number of benzene rings is 1. The number of rotatable bonds is 2. The summed E-state index contributed by atoms with van der Waals surface area (Å²) in [7, 11) is 1.66. The molecule has 0 spiro atoms. The van der Waals surface area contributed by atoms with Crippen molar-refractivity contribution >= 4 is 11.2 Å². The fraction of sp³-hybridized carbons (Fsp3) is 0.143. The van der Waals surface area contributed by atoms with Crippen molar-refractivity contribution in [1.29, 1.82) is 0 Å². The molecule has 0 aliphatic heterocycles. The molecule has 0 unspecified atom stereocenters. The normalized spacial score (nSPS) is 10.8. The number of nitrogens with one attached hydrogen (secondary N) is 1. The third kappa shape index (κ3) is 1.62. The van der Waals surface area contributed by atoms with Crippen LogP contribution in [0.25, 0.3) is 22.6 Å². The molecule has 0 saturated carbocycles. The Bertz CT molecular complexity index is 703. The molecule has 0 radical (unpaired) electrons. The Kier molecular flexibility index (Phi) is 2.48. The molecule has 1 aromatic carbocycles. The Hall–Kier alpha value is -2.36. The van der Waals surface area contributed by atoms with Crippen LogP contribution in [0.4, 0.5) is 0 Å². The molecule has 2 heterocycles. The highest BCUT2D eigenvalue weighted by Gasteiger charge is 2.11. The molecular formula is C14H13N3O. The Morgan fingerprint density at radius 2 is 2.00 bits per heavy atom. The van der Waals surface area contributed by atoms with Crippen LogP contribution in [0.5, 0.6) is 5.75 Å². The molecular weight excluding hydrogens is 226 g/mol. The number of ether oxygens (including phenoxy) is 1. The van der Waals surface area contributed by atoms with Gasteiger partial charge in [0.25, 0.3) is 0 Å². The van der Waals surface area contributed by atoms with E-state index in [1.165, 1.54) is 0 Å². The molecule has 4 nitrogen and oxygen atoms in total. The highest BCUT2D eigenvalue weighted by atomic mass is 16.5. The van der Waals surface area contributed by atoms with Crippen molar-refractivity contribution in [2.45, 2.75) is 6.92 Å². The number of hydrogen-bond acceptors (Lipinski definition) is 3. The van der Waals surface area contributed by atoms with Gasteiger partial charge in [0.1, 0.15) is 11.6 Å². The van der Waals surface area contributed by atoms with E-state index in [1.807, 2.05) is 37.3 Å². The molecule has 0 aliphatic carbocycles. The first-order chi connectivity index (χ1) is 8.79. The zero-order valence-corrected chi connectivity index (χ0v) is 10.3. The lowest BCUT2D eigenvalue weighted by Gasteiger charge is -2.04.